The third-order valence-electron chi connectivity index (χ3n) is 2.99. The molecule has 0 aliphatic carbocycles. The molecule has 1 saturated heterocycles. The average Bonchev–Trinajstić information content (AvgIpc) is 2.70. The van der Waals surface area contributed by atoms with Crippen LogP contribution in [0.3, 0.4) is 0 Å². The maximum Gasteiger partial charge on any atom is 0.201 e. The molecule has 0 radical (unpaired) electrons. The van der Waals surface area contributed by atoms with E-state index in [1.807, 2.05) is 0 Å². The van der Waals surface area contributed by atoms with Gasteiger partial charge in [0.15, 0.2) is 5.75 Å². The largest absolute Gasteiger partial charge is 0.493 e. The molecule has 5 heteroatoms. The molecule has 0 saturated carbocycles. The zero-order valence-electron chi connectivity index (χ0n) is 9.69. The van der Waals surface area contributed by atoms with Gasteiger partial charge in [-0.05, 0) is 19.4 Å². The molecule has 1 fully saturated rings. The van der Waals surface area contributed by atoms with Crippen molar-refractivity contribution >= 4 is 5.78 Å². The molecule has 1 unspecified atom stereocenters. The summed E-state index contributed by atoms with van der Waals surface area (Å²) in [6.45, 7) is 0.913. The SMILES string of the molecule is COc1cnn(C)c1C(=O)C1CCCCN1. The number of aryl methyl sites for hydroxylation is 1. The number of aromatic nitrogens is 2. The summed E-state index contributed by atoms with van der Waals surface area (Å²) < 4.78 is 6.73. The van der Waals surface area contributed by atoms with Gasteiger partial charge in [0.25, 0.3) is 0 Å². The first kappa shape index (κ1) is 11.1. The van der Waals surface area contributed by atoms with Crippen molar-refractivity contribution in [2.24, 2.45) is 7.05 Å². The van der Waals surface area contributed by atoms with Crippen LogP contribution in [0.4, 0.5) is 0 Å². The average molecular weight is 223 g/mol. The second kappa shape index (κ2) is 4.65. The van der Waals surface area contributed by atoms with Crippen LogP contribution in [0.25, 0.3) is 0 Å². The van der Waals surface area contributed by atoms with Gasteiger partial charge in [0.2, 0.25) is 5.78 Å². The molecule has 0 bridgehead atoms. The van der Waals surface area contributed by atoms with Crippen LogP contribution in [0, 0.1) is 0 Å². The minimum absolute atomic E-state index is 0.0801. The Morgan fingerprint density at radius 3 is 3.06 bits per heavy atom. The van der Waals surface area contributed by atoms with Crippen LogP contribution in [-0.2, 0) is 7.05 Å². The number of ketones is 1. The quantitative estimate of drug-likeness (QED) is 0.768. The molecule has 5 nitrogen and oxygen atoms in total. The van der Waals surface area contributed by atoms with Gasteiger partial charge >= 0.3 is 0 Å². The van der Waals surface area contributed by atoms with Crippen LogP contribution in [-0.4, -0.2) is 35.3 Å². The van der Waals surface area contributed by atoms with E-state index < -0.39 is 0 Å². The number of piperidine rings is 1. The Balaban J connectivity index is 2.21. The molecule has 1 atom stereocenters. The topological polar surface area (TPSA) is 56.2 Å². The fourth-order valence-corrected chi connectivity index (χ4v) is 2.09. The zero-order chi connectivity index (χ0) is 11.5. The van der Waals surface area contributed by atoms with E-state index in [2.05, 4.69) is 10.4 Å². The van der Waals surface area contributed by atoms with E-state index in [1.165, 1.54) is 0 Å². The molecule has 88 valence electrons. The van der Waals surface area contributed by atoms with Gasteiger partial charge in [0.1, 0.15) is 5.69 Å². The maximum atomic E-state index is 12.3. The number of carbonyl (C=O) groups is 1. The first-order valence-corrected chi connectivity index (χ1v) is 5.57. The van der Waals surface area contributed by atoms with Crippen LogP contribution >= 0.6 is 0 Å². The van der Waals surface area contributed by atoms with Gasteiger partial charge in [-0.25, -0.2) is 0 Å². The normalized spacial score (nSPS) is 20.8. The van der Waals surface area contributed by atoms with Gasteiger partial charge < -0.3 is 10.1 Å². The third kappa shape index (κ3) is 1.95. The molecule has 0 amide bonds. The van der Waals surface area contributed by atoms with Crippen molar-refractivity contribution < 1.29 is 9.53 Å². The standard InChI is InChI=1S/C11H17N3O2/c1-14-10(9(16-2)7-13-14)11(15)8-5-3-4-6-12-8/h7-8,12H,3-6H2,1-2H3. The lowest BCUT2D eigenvalue weighted by molar-refractivity contribution is 0.0914. The fourth-order valence-electron chi connectivity index (χ4n) is 2.09. The second-order valence-electron chi connectivity index (χ2n) is 4.05. The number of methoxy groups -OCH3 is 1. The minimum Gasteiger partial charge on any atom is -0.493 e. The molecule has 16 heavy (non-hydrogen) atoms. The predicted molar refractivity (Wildman–Crippen MR) is 59.7 cm³/mol. The lowest BCUT2D eigenvalue weighted by atomic mass is 9.99. The highest BCUT2D eigenvalue weighted by Gasteiger charge is 2.27. The highest BCUT2D eigenvalue weighted by molar-refractivity contribution is 6.00. The van der Waals surface area contributed by atoms with Crippen molar-refractivity contribution in [2.45, 2.75) is 25.3 Å². The molecule has 2 heterocycles. The number of nitrogens with one attached hydrogen (secondary N) is 1. The van der Waals surface area contributed by atoms with Gasteiger partial charge in [-0.15, -0.1) is 0 Å². The number of nitrogens with zero attached hydrogens (tertiary/aromatic N) is 2. The molecule has 1 aliphatic heterocycles. The number of Topliss-reactive ketones (excluding diaryl/α,β-unsaturated/α-hetero) is 1. The van der Waals surface area contributed by atoms with Crippen molar-refractivity contribution in [1.29, 1.82) is 0 Å². The first-order chi connectivity index (χ1) is 7.74. The molecular weight excluding hydrogens is 206 g/mol. The first-order valence-electron chi connectivity index (χ1n) is 5.57. The third-order valence-corrected chi connectivity index (χ3v) is 2.99. The van der Waals surface area contributed by atoms with Crippen LogP contribution in [0.1, 0.15) is 29.8 Å². The lowest BCUT2D eigenvalue weighted by Crippen LogP contribution is -2.41. The van der Waals surface area contributed by atoms with Gasteiger partial charge in [-0.3, -0.25) is 9.48 Å². The van der Waals surface area contributed by atoms with Crippen LogP contribution in [0.2, 0.25) is 0 Å². The van der Waals surface area contributed by atoms with Crippen molar-refractivity contribution in [3.63, 3.8) is 0 Å². The second-order valence-corrected chi connectivity index (χ2v) is 4.05. The summed E-state index contributed by atoms with van der Waals surface area (Å²) in [4.78, 5) is 12.3. The van der Waals surface area contributed by atoms with E-state index in [1.54, 1.807) is 25.0 Å². The Hall–Kier alpha value is -1.36. The Labute approximate surface area is 94.8 Å². The molecular formula is C11H17N3O2. The summed E-state index contributed by atoms with van der Waals surface area (Å²) in [5.41, 5.74) is 0.557. The molecule has 1 aromatic heterocycles. The summed E-state index contributed by atoms with van der Waals surface area (Å²) in [5, 5.41) is 7.29. The summed E-state index contributed by atoms with van der Waals surface area (Å²) in [6, 6.07) is -0.0851. The smallest absolute Gasteiger partial charge is 0.201 e. The fraction of sp³-hybridized carbons (Fsp3) is 0.636. The monoisotopic (exact) mass is 223 g/mol. The van der Waals surface area contributed by atoms with Gasteiger partial charge in [0, 0.05) is 7.05 Å². The maximum absolute atomic E-state index is 12.3. The van der Waals surface area contributed by atoms with E-state index in [0.29, 0.717) is 11.4 Å². The van der Waals surface area contributed by atoms with E-state index in [9.17, 15) is 4.79 Å². The van der Waals surface area contributed by atoms with Crippen molar-refractivity contribution in [1.82, 2.24) is 15.1 Å². The van der Waals surface area contributed by atoms with E-state index in [-0.39, 0.29) is 11.8 Å². The zero-order valence-corrected chi connectivity index (χ0v) is 9.69. The van der Waals surface area contributed by atoms with Crippen molar-refractivity contribution in [2.75, 3.05) is 13.7 Å². The summed E-state index contributed by atoms with van der Waals surface area (Å²) in [6.07, 6.45) is 4.72. The number of rotatable bonds is 3. The number of ether oxygens (including phenoxy) is 1. The minimum atomic E-state index is -0.0851. The Morgan fingerprint density at radius 1 is 1.62 bits per heavy atom. The van der Waals surface area contributed by atoms with Crippen LogP contribution in [0.5, 0.6) is 5.75 Å². The van der Waals surface area contributed by atoms with Crippen LogP contribution < -0.4 is 10.1 Å². The molecule has 1 N–H and O–H groups in total. The highest BCUT2D eigenvalue weighted by Crippen LogP contribution is 2.20. The molecule has 0 spiro atoms. The Kier molecular flexibility index (Phi) is 3.24. The number of hydrogen-bond acceptors (Lipinski definition) is 4. The Bertz CT molecular complexity index is 381. The number of hydrogen-bond donors (Lipinski definition) is 1. The predicted octanol–water partition coefficient (Wildman–Crippen LogP) is 0.753. The molecule has 2 rings (SSSR count). The van der Waals surface area contributed by atoms with E-state index >= 15 is 0 Å². The van der Waals surface area contributed by atoms with Gasteiger partial charge in [-0.1, -0.05) is 6.42 Å². The molecule has 1 aromatic rings. The Morgan fingerprint density at radius 2 is 2.44 bits per heavy atom. The highest BCUT2D eigenvalue weighted by atomic mass is 16.5. The van der Waals surface area contributed by atoms with E-state index in [4.69, 9.17) is 4.74 Å². The van der Waals surface area contributed by atoms with Gasteiger partial charge in [0.05, 0.1) is 19.3 Å². The van der Waals surface area contributed by atoms with Crippen molar-refractivity contribution in [3.05, 3.63) is 11.9 Å². The van der Waals surface area contributed by atoms with E-state index in [0.717, 1.165) is 25.8 Å². The molecule has 1 aliphatic rings. The van der Waals surface area contributed by atoms with Crippen molar-refractivity contribution in [3.8, 4) is 5.75 Å². The molecule has 0 aromatic carbocycles. The summed E-state index contributed by atoms with van der Waals surface area (Å²) in [5.74, 6) is 0.636. The lowest BCUT2D eigenvalue weighted by Gasteiger charge is -2.22. The summed E-state index contributed by atoms with van der Waals surface area (Å²) in [7, 11) is 3.32. The summed E-state index contributed by atoms with van der Waals surface area (Å²) >= 11 is 0. The van der Waals surface area contributed by atoms with Crippen LogP contribution in [0.15, 0.2) is 6.20 Å². The van der Waals surface area contributed by atoms with Gasteiger partial charge in [-0.2, -0.15) is 5.10 Å². The number of carbonyl (C=O) groups excluding carboxylic acids is 1.